The van der Waals surface area contributed by atoms with E-state index < -0.39 is 64.5 Å². The fraction of sp³-hybridized carbons (Fsp3) is 0.516. The maximum atomic E-state index is 14.2. The second kappa shape index (κ2) is 9.75. The quantitative estimate of drug-likeness (QED) is 0.444. The molecule has 1 N–H and O–H groups in total. The highest BCUT2D eigenvalue weighted by atomic mass is 16.6. The molecule has 0 amide bonds. The normalized spacial score (nSPS) is 36.4. The van der Waals surface area contributed by atoms with E-state index in [0.29, 0.717) is 24.3 Å². The molecule has 1 heterocycles. The molecule has 2 bridgehead atoms. The third-order valence-corrected chi connectivity index (χ3v) is 9.26. The summed E-state index contributed by atoms with van der Waals surface area (Å²) in [6.45, 7) is 8.75. The lowest BCUT2D eigenvalue weighted by Crippen LogP contribution is -2.74. The van der Waals surface area contributed by atoms with E-state index in [1.54, 1.807) is 67.6 Å². The van der Waals surface area contributed by atoms with Crippen LogP contribution in [0.1, 0.15) is 47.5 Å². The number of ether oxygens (including phenoxy) is 4. The van der Waals surface area contributed by atoms with Crippen molar-refractivity contribution in [2.24, 2.45) is 29.1 Å². The van der Waals surface area contributed by atoms with Crippen LogP contribution < -0.4 is 9.47 Å². The van der Waals surface area contributed by atoms with Crippen LogP contribution in [0.25, 0.3) is 0 Å². The third-order valence-electron chi connectivity index (χ3n) is 9.26. The molecule has 1 aliphatic heterocycles. The number of carbonyl (C=O) groups is 3. The van der Waals surface area contributed by atoms with Gasteiger partial charge in [0.25, 0.3) is 0 Å². The number of benzene rings is 2. The maximum absolute atomic E-state index is 14.2. The molecule has 0 aromatic heterocycles. The van der Waals surface area contributed by atoms with Crippen LogP contribution in [-0.4, -0.2) is 46.4 Å². The summed E-state index contributed by atoms with van der Waals surface area (Å²) in [6.07, 6.45) is -0.955. The summed E-state index contributed by atoms with van der Waals surface area (Å²) in [5, 5.41) is 11.7. The Morgan fingerprint density at radius 1 is 0.872 bits per heavy atom. The second-order valence-electron chi connectivity index (χ2n) is 11.8. The number of rotatable bonds is 5. The number of aliphatic hydroxyl groups is 1. The van der Waals surface area contributed by atoms with Crippen LogP contribution in [0.2, 0.25) is 0 Å². The van der Waals surface area contributed by atoms with Gasteiger partial charge >= 0.3 is 17.9 Å². The van der Waals surface area contributed by atoms with Crippen molar-refractivity contribution < 1.29 is 38.4 Å². The fourth-order valence-electron chi connectivity index (χ4n) is 7.71. The van der Waals surface area contributed by atoms with Gasteiger partial charge in [0.1, 0.15) is 23.2 Å². The van der Waals surface area contributed by atoms with Gasteiger partial charge in [0.05, 0.1) is 23.5 Å². The fourth-order valence-corrected chi connectivity index (χ4v) is 7.71. The van der Waals surface area contributed by atoms with Crippen molar-refractivity contribution in [1.29, 1.82) is 0 Å². The number of fused-ring (bicyclic) bond motifs is 1. The molecule has 0 radical (unpaired) electrons. The molecule has 1 saturated heterocycles. The monoisotopic (exact) mass is 536 g/mol. The Morgan fingerprint density at radius 3 is 1.95 bits per heavy atom. The maximum Gasteiger partial charge on any atom is 0.316 e. The molecule has 2 saturated carbocycles. The molecule has 8 atom stereocenters. The van der Waals surface area contributed by atoms with Gasteiger partial charge in [-0.05, 0) is 56.9 Å². The zero-order valence-corrected chi connectivity index (χ0v) is 23.0. The standard InChI is InChI=1S/C31H36O8/c1-18-16-17-22(33)30(5)25(28(35)38-21-14-10-7-11-15-21)23(27(34)37-20-12-8-6-9-13-20)24-26(36-19(2)32)31(18,30)39-29(24,3)4/h6-15,18,22-26,33H,16-17H2,1-5H3/t18-,22?,23-,24-,25+,26-,30+,31-/m1/s1. The zero-order valence-electron chi connectivity index (χ0n) is 23.0. The van der Waals surface area contributed by atoms with Crippen LogP contribution in [0.3, 0.4) is 0 Å². The topological polar surface area (TPSA) is 108 Å². The largest absolute Gasteiger partial charge is 0.459 e. The zero-order chi connectivity index (χ0) is 28.2. The van der Waals surface area contributed by atoms with Crippen molar-refractivity contribution in [2.45, 2.75) is 70.9 Å². The van der Waals surface area contributed by atoms with E-state index in [-0.39, 0.29) is 5.92 Å². The van der Waals surface area contributed by atoms with E-state index in [1.807, 2.05) is 20.8 Å². The van der Waals surface area contributed by atoms with Crippen LogP contribution in [0.15, 0.2) is 60.7 Å². The van der Waals surface area contributed by atoms with Gasteiger partial charge in [-0.1, -0.05) is 50.2 Å². The van der Waals surface area contributed by atoms with Gasteiger partial charge in [0, 0.05) is 18.3 Å². The summed E-state index contributed by atoms with van der Waals surface area (Å²) in [5.41, 5.74) is -3.59. The average molecular weight is 537 g/mol. The number of hydrogen-bond donors (Lipinski definition) is 1. The van der Waals surface area contributed by atoms with Gasteiger partial charge in [-0.2, -0.15) is 0 Å². The Bertz CT molecular complexity index is 1240. The minimum atomic E-state index is -1.35. The van der Waals surface area contributed by atoms with Crippen molar-refractivity contribution in [1.82, 2.24) is 0 Å². The second-order valence-corrected chi connectivity index (χ2v) is 11.8. The summed E-state index contributed by atoms with van der Waals surface area (Å²) in [5.74, 6) is -4.45. The minimum absolute atomic E-state index is 0.197. The van der Waals surface area contributed by atoms with Crippen LogP contribution in [-0.2, 0) is 23.9 Å². The predicted molar refractivity (Wildman–Crippen MR) is 141 cm³/mol. The van der Waals surface area contributed by atoms with Crippen molar-refractivity contribution in [3.8, 4) is 11.5 Å². The van der Waals surface area contributed by atoms with Crippen molar-refractivity contribution in [3.05, 3.63) is 60.7 Å². The van der Waals surface area contributed by atoms with Gasteiger partial charge in [-0.15, -0.1) is 0 Å². The molecule has 2 aromatic rings. The van der Waals surface area contributed by atoms with E-state index in [9.17, 15) is 19.5 Å². The SMILES string of the molecule is CC(=O)O[C@@H]1[C@H]2[C@@H](C(=O)Oc3ccccc3)[C@@H](C(=O)Oc3ccccc3)[C@]3(C)C(O)CC[C@@H](C)[C@@]13OC2(C)C. The van der Waals surface area contributed by atoms with Crippen LogP contribution in [0.5, 0.6) is 11.5 Å². The molecule has 1 unspecified atom stereocenters. The van der Waals surface area contributed by atoms with Crippen molar-refractivity contribution in [2.75, 3.05) is 0 Å². The highest BCUT2D eigenvalue weighted by Crippen LogP contribution is 2.70. The third kappa shape index (κ3) is 4.16. The van der Waals surface area contributed by atoms with Crippen LogP contribution in [0.4, 0.5) is 0 Å². The lowest BCUT2D eigenvalue weighted by molar-refractivity contribution is -0.278. The number of hydrogen-bond acceptors (Lipinski definition) is 8. The molecule has 1 spiro atoms. The van der Waals surface area contributed by atoms with E-state index >= 15 is 0 Å². The van der Waals surface area contributed by atoms with Crippen LogP contribution >= 0.6 is 0 Å². The molecule has 39 heavy (non-hydrogen) atoms. The smallest absolute Gasteiger partial charge is 0.316 e. The van der Waals surface area contributed by atoms with Crippen molar-refractivity contribution >= 4 is 17.9 Å². The highest BCUT2D eigenvalue weighted by molar-refractivity contribution is 5.87. The van der Waals surface area contributed by atoms with Gasteiger partial charge in [-0.25, -0.2) is 0 Å². The average Bonchev–Trinajstić information content (AvgIpc) is 3.07. The molecular weight excluding hydrogens is 500 g/mol. The molecule has 8 heteroatoms. The highest BCUT2D eigenvalue weighted by Gasteiger charge is 2.82. The van der Waals surface area contributed by atoms with Gasteiger partial charge in [-0.3, -0.25) is 14.4 Å². The summed E-state index contributed by atoms with van der Waals surface area (Å²) in [7, 11) is 0. The summed E-state index contributed by atoms with van der Waals surface area (Å²) in [6, 6.07) is 17.2. The van der Waals surface area contributed by atoms with Gasteiger partial charge in [0.15, 0.2) is 0 Å². The molecule has 2 aromatic carbocycles. The summed E-state index contributed by atoms with van der Waals surface area (Å²) >= 11 is 0. The van der Waals surface area contributed by atoms with E-state index in [2.05, 4.69) is 0 Å². The van der Waals surface area contributed by atoms with E-state index in [1.165, 1.54) is 6.92 Å². The predicted octanol–water partition coefficient (Wildman–Crippen LogP) is 4.34. The Kier molecular flexibility index (Phi) is 6.84. The molecule has 208 valence electrons. The van der Waals surface area contributed by atoms with E-state index in [0.717, 1.165) is 0 Å². The first-order valence-corrected chi connectivity index (χ1v) is 13.5. The molecular formula is C31H36O8. The Morgan fingerprint density at radius 2 is 1.41 bits per heavy atom. The lowest BCUT2D eigenvalue weighted by Gasteiger charge is -2.62. The number of aliphatic hydroxyl groups excluding tert-OH is 1. The number of para-hydroxylation sites is 2. The number of carbonyl (C=O) groups excluding carboxylic acids is 3. The molecule has 3 aliphatic rings. The Balaban J connectivity index is 1.71. The van der Waals surface area contributed by atoms with Crippen molar-refractivity contribution in [3.63, 3.8) is 0 Å². The molecule has 2 aliphatic carbocycles. The van der Waals surface area contributed by atoms with Gasteiger partial charge in [0.2, 0.25) is 0 Å². The first-order chi connectivity index (χ1) is 18.4. The molecule has 8 nitrogen and oxygen atoms in total. The Labute approximate surface area is 228 Å². The first kappa shape index (κ1) is 27.3. The van der Waals surface area contributed by atoms with Crippen LogP contribution in [0, 0.1) is 29.1 Å². The van der Waals surface area contributed by atoms with Gasteiger partial charge < -0.3 is 24.1 Å². The first-order valence-electron chi connectivity index (χ1n) is 13.5. The minimum Gasteiger partial charge on any atom is -0.459 e. The Hall–Kier alpha value is -3.23. The van der Waals surface area contributed by atoms with E-state index in [4.69, 9.17) is 18.9 Å². The number of esters is 3. The summed E-state index contributed by atoms with van der Waals surface area (Å²) < 4.78 is 24.6. The molecule has 3 fully saturated rings. The summed E-state index contributed by atoms with van der Waals surface area (Å²) in [4.78, 5) is 40.8. The lowest BCUT2D eigenvalue weighted by atomic mass is 9.44. The molecule has 5 rings (SSSR count).